The Labute approximate surface area is 200 Å². The number of esters is 1. The van der Waals surface area contributed by atoms with Crippen LogP contribution in [0.25, 0.3) is 0 Å². The first-order valence-corrected chi connectivity index (χ1v) is 11.9. The zero-order valence-corrected chi connectivity index (χ0v) is 19.0. The number of hydrogen-bond donors (Lipinski definition) is 2. The Balaban J connectivity index is 1.37. The molecule has 0 fully saturated rings. The van der Waals surface area contributed by atoms with E-state index in [9.17, 15) is 27.2 Å². The van der Waals surface area contributed by atoms with Crippen LogP contribution in [-0.2, 0) is 26.0 Å². The van der Waals surface area contributed by atoms with Gasteiger partial charge < -0.3 is 10.1 Å². The fourth-order valence-corrected chi connectivity index (χ4v) is 5.11. The molecule has 35 heavy (non-hydrogen) atoms. The lowest BCUT2D eigenvalue weighted by Gasteiger charge is -2.19. The molecule has 0 saturated carbocycles. The van der Waals surface area contributed by atoms with Crippen molar-refractivity contribution in [3.05, 3.63) is 89.7 Å². The first-order valence-electron chi connectivity index (χ1n) is 10.5. The van der Waals surface area contributed by atoms with E-state index in [0.29, 0.717) is 12.1 Å². The summed E-state index contributed by atoms with van der Waals surface area (Å²) in [7, 11) is -3.93. The lowest BCUT2D eigenvalue weighted by atomic mass is 10.2. The number of carbonyl (C=O) groups is 3. The van der Waals surface area contributed by atoms with E-state index >= 15 is 0 Å². The number of halogens is 1. The summed E-state index contributed by atoms with van der Waals surface area (Å²) in [4.78, 5) is 36.1. The van der Waals surface area contributed by atoms with Gasteiger partial charge in [-0.3, -0.25) is 14.4 Å². The molecule has 0 bridgehead atoms. The van der Waals surface area contributed by atoms with E-state index in [4.69, 9.17) is 4.74 Å². The summed E-state index contributed by atoms with van der Waals surface area (Å²) in [5.41, 5.74) is 1.29. The van der Waals surface area contributed by atoms with Crippen LogP contribution in [0.1, 0.15) is 15.9 Å². The topological polar surface area (TPSA) is 122 Å². The Morgan fingerprint density at radius 1 is 0.971 bits per heavy atom. The van der Waals surface area contributed by atoms with Gasteiger partial charge in [-0.2, -0.15) is 0 Å². The maximum atomic E-state index is 13.6. The normalized spacial score (nSPS) is 12.5. The van der Waals surface area contributed by atoms with Crippen LogP contribution in [0.2, 0.25) is 0 Å². The van der Waals surface area contributed by atoms with Crippen LogP contribution >= 0.6 is 0 Å². The van der Waals surface area contributed by atoms with Crippen LogP contribution in [0.3, 0.4) is 0 Å². The lowest BCUT2D eigenvalue weighted by Crippen LogP contribution is -2.37. The Kier molecular flexibility index (Phi) is 6.78. The van der Waals surface area contributed by atoms with E-state index in [2.05, 4.69) is 5.32 Å². The highest BCUT2D eigenvalue weighted by atomic mass is 32.2. The molecule has 0 saturated heterocycles. The predicted octanol–water partition coefficient (Wildman–Crippen LogP) is 3.08. The Hall–Kier alpha value is -4.25. The molecule has 11 heteroatoms. The highest BCUT2D eigenvalue weighted by Gasteiger charge is 2.31. The summed E-state index contributed by atoms with van der Waals surface area (Å²) >= 11 is 0. The number of nitrogens with zero attached hydrogens (tertiary/aromatic N) is 1. The van der Waals surface area contributed by atoms with Crippen molar-refractivity contribution in [2.75, 3.05) is 22.8 Å². The van der Waals surface area contributed by atoms with Gasteiger partial charge in [-0.15, -0.1) is 0 Å². The minimum atomic E-state index is -3.93. The monoisotopic (exact) mass is 497 g/mol. The Morgan fingerprint density at radius 2 is 1.71 bits per heavy atom. The Morgan fingerprint density at radius 3 is 2.51 bits per heavy atom. The molecular weight excluding hydrogens is 477 g/mol. The summed E-state index contributed by atoms with van der Waals surface area (Å²) < 4.78 is 46.1. The minimum Gasteiger partial charge on any atom is -0.452 e. The molecule has 0 radical (unpaired) electrons. The van der Waals surface area contributed by atoms with Crippen LogP contribution in [0.4, 0.5) is 20.6 Å². The van der Waals surface area contributed by atoms with Crippen molar-refractivity contribution in [1.82, 2.24) is 5.32 Å². The second-order valence-corrected chi connectivity index (χ2v) is 9.40. The first kappa shape index (κ1) is 23.9. The molecule has 0 atom stereocenters. The summed E-state index contributed by atoms with van der Waals surface area (Å²) in [5, 5.41) is 4.07. The molecule has 3 aromatic carbocycles. The van der Waals surface area contributed by atoms with Gasteiger partial charge in [0.05, 0.1) is 21.8 Å². The minimum absolute atomic E-state index is 0.0813. The van der Waals surface area contributed by atoms with Crippen molar-refractivity contribution < 1.29 is 31.9 Å². The van der Waals surface area contributed by atoms with E-state index < -0.39 is 40.4 Å². The van der Waals surface area contributed by atoms with E-state index in [1.54, 1.807) is 12.1 Å². The SMILES string of the molecule is O=C(COC(=O)c1cccc(S(=O)(=O)N2CCc3ccccc32)c1)NC(=O)Nc1ccccc1F. The van der Waals surface area contributed by atoms with Crippen molar-refractivity contribution in [3.8, 4) is 0 Å². The zero-order chi connectivity index (χ0) is 25.0. The summed E-state index contributed by atoms with van der Waals surface area (Å²) in [6.45, 7) is -0.522. The maximum absolute atomic E-state index is 13.6. The number of imide groups is 1. The standard InChI is InChI=1S/C24H20FN3O6S/c25-19-9-2-3-10-20(19)26-24(31)27-22(29)15-34-23(30)17-7-5-8-18(14-17)35(32,33)28-13-12-16-6-1-4-11-21(16)28/h1-11,14H,12-13,15H2,(H2,26,27,29,31). The third-order valence-electron chi connectivity index (χ3n) is 5.21. The second kappa shape index (κ2) is 9.94. The quantitative estimate of drug-likeness (QED) is 0.505. The van der Waals surface area contributed by atoms with Crippen molar-refractivity contribution >= 4 is 39.3 Å². The number of rotatable bonds is 6. The van der Waals surface area contributed by atoms with Gasteiger partial charge in [-0.05, 0) is 48.4 Å². The number of amides is 3. The van der Waals surface area contributed by atoms with Gasteiger partial charge in [0, 0.05) is 6.54 Å². The van der Waals surface area contributed by atoms with Crippen LogP contribution in [-0.4, -0.2) is 39.5 Å². The number of benzene rings is 3. The Bertz CT molecular complexity index is 1410. The molecule has 1 aliphatic heterocycles. The zero-order valence-electron chi connectivity index (χ0n) is 18.2. The van der Waals surface area contributed by atoms with Gasteiger partial charge >= 0.3 is 12.0 Å². The van der Waals surface area contributed by atoms with E-state index in [0.717, 1.165) is 11.6 Å². The number of urea groups is 1. The van der Waals surface area contributed by atoms with Crippen LogP contribution < -0.4 is 14.9 Å². The van der Waals surface area contributed by atoms with Gasteiger partial charge in [-0.25, -0.2) is 22.4 Å². The fraction of sp³-hybridized carbons (Fsp3) is 0.125. The van der Waals surface area contributed by atoms with E-state index in [1.165, 1.54) is 46.8 Å². The number of carbonyl (C=O) groups excluding carboxylic acids is 3. The van der Waals surface area contributed by atoms with Gasteiger partial charge in [0.1, 0.15) is 5.82 Å². The number of nitrogens with one attached hydrogen (secondary N) is 2. The second-order valence-electron chi connectivity index (χ2n) is 7.54. The van der Waals surface area contributed by atoms with E-state index in [-0.39, 0.29) is 22.7 Å². The van der Waals surface area contributed by atoms with Crippen LogP contribution in [0.5, 0.6) is 0 Å². The molecule has 0 aromatic heterocycles. The summed E-state index contributed by atoms with van der Waals surface area (Å²) in [6, 6.07) is 16.8. The average molecular weight is 498 g/mol. The molecule has 0 unspecified atom stereocenters. The highest BCUT2D eigenvalue weighted by Crippen LogP contribution is 2.32. The molecule has 0 spiro atoms. The molecule has 9 nitrogen and oxygen atoms in total. The van der Waals surface area contributed by atoms with Crippen molar-refractivity contribution in [2.24, 2.45) is 0 Å². The first-order chi connectivity index (χ1) is 16.8. The van der Waals surface area contributed by atoms with Gasteiger partial charge in [0.25, 0.3) is 15.9 Å². The number of hydrogen-bond acceptors (Lipinski definition) is 6. The van der Waals surface area contributed by atoms with Crippen molar-refractivity contribution in [3.63, 3.8) is 0 Å². The third-order valence-corrected chi connectivity index (χ3v) is 7.02. The van der Waals surface area contributed by atoms with Gasteiger partial charge in [0.15, 0.2) is 6.61 Å². The smallest absolute Gasteiger partial charge is 0.338 e. The highest BCUT2D eigenvalue weighted by molar-refractivity contribution is 7.92. The number of para-hydroxylation sites is 2. The molecule has 2 N–H and O–H groups in total. The predicted molar refractivity (Wildman–Crippen MR) is 125 cm³/mol. The number of sulfonamides is 1. The lowest BCUT2D eigenvalue weighted by molar-refractivity contribution is -0.123. The summed E-state index contributed by atoms with van der Waals surface area (Å²) in [5.74, 6) is -2.59. The fourth-order valence-electron chi connectivity index (χ4n) is 3.56. The molecular formula is C24H20FN3O6S. The molecule has 1 heterocycles. The molecule has 3 amide bonds. The van der Waals surface area contributed by atoms with Crippen LogP contribution in [0.15, 0.2) is 77.7 Å². The van der Waals surface area contributed by atoms with Gasteiger partial charge in [-0.1, -0.05) is 36.4 Å². The van der Waals surface area contributed by atoms with Crippen molar-refractivity contribution in [2.45, 2.75) is 11.3 Å². The van der Waals surface area contributed by atoms with E-state index in [1.807, 2.05) is 17.4 Å². The average Bonchev–Trinajstić information content (AvgIpc) is 3.29. The molecule has 180 valence electrons. The third kappa shape index (κ3) is 5.30. The summed E-state index contributed by atoms with van der Waals surface area (Å²) in [6.07, 6.45) is 0.580. The van der Waals surface area contributed by atoms with Crippen molar-refractivity contribution in [1.29, 1.82) is 0 Å². The number of ether oxygens (including phenoxy) is 1. The largest absolute Gasteiger partial charge is 0.452 e. The molecule has 3 aromatic rings. The van der Waals surface area contributed by atoms with Gasteiger partial charge in [0.2, 0.25) is 0 Å². The number of anilines is 2. The van der Waals surface area contributed by atoms with Crippen LogP contribution in [0, 0.1) is 5.82 Å². The molecule has 1 aliphatic rings. The maximum Gasteiger partial charge on any atom is 0.338 e. The molecule has 4 rings (SSSR count). The molecule has 0 aliphatic carbocycles. The number of fused-ring (bicyclic) bond motifs is 1.